The zero-order valence-electron chi connectivity index (χ0n) is 13.7. The van der Waals surface area contributed by atoms with Crippen molar-refractivity contribution in [2.75, 3.05) is 0 Å². The molecule has 1 aromatic carbocycles. The van der Waals surface area contributed by atoms with Gasteiger partial charge in [0.15, 0.2) is 0 Å². The third-order valence-electron chi connectivity index (χ3n) is 3.73. The fourth-order valence-electron chi connectivity index (χ4n) is 2.44. The number of halogens is 1. The van der Waals surface area contributed by atoms with Gasteiger partial charge in [0, 0.05) is 17.3 Å². The van der Waals surface area contributed by atoms with Gasteiger partial charge in [-0.15, -0.1) is 11.3 Å². The molecule has 0 saturated heterocycles. The van der Waals surface area contributed by atoms with Crippen LogP contribution in [0.3, 0.4) is 0 Å². The number of hydrogen-bond donors (Lipinski definition) is 1. The number of nitrogens with zero attached hydrogens (tertiary/aromatic N) is 2. The van der Waals surface area contributed by atoms with Crippen LogP contribution in [0.5, 0.6) is 0 Å². The zero-order chi connectivity index (χ0) is 17.6. The summed E-state index contributed by atoms with van der Waals surface area (Å²) in [7, 11) is 0. The highest BCUT2D eigenvalue weighted by atomic mass is 79.9. The van der Waals surface area contributed by atoms with E-state index >= 15 is 0 Å². The molecule has 3 rings (SSSR count). The number of nitrogens with one attached hydrogen (secondary N) is 1. The van der Waals surface area contributed by atoms with Gasteiger partial charge in [-0.2, -0.15) is 4.98 Å². The van der Waals surface area contributed by atoms with E-state index in [4.69, 9.17) is 4.52 Å². The molecule has 1 N–H and O–H groups in total. The van der Waals surface area contributed by atoms with Crippen LogP contribution in [-0.2, 0) is 11.2 Å². The lowest BCUT2D eigenvalue weighted by atomic mass is 10.1. The number of carbonyl (C=O) groups is 1. The van der Waals surface area contributed by atoms with E-state index in [9.17, 15) is 4.79 Å². The average molecular weight is 420 g/mol. The Morgan fingerprint density at radius 1 is 1.36 bits per heavy atom. The summed E-state index contributed by atoms with van der Waals surface area (Å²) in [6.07, 6.45) is 1.69. The monoisotopic (exact) mass is 419 g/mol. The molecule has 7 heteroatoms. The van der Waals surface area contributed by atoms with Gasteiger partial charge in [0.05, 0.1) is 10.9 Å². The molecule has 2 heterocycles. The Kier molecular flexibility index (Phi) is 5.99. The van der Waals surface area contributed by atoms with Crippen LogP contribution < -0.4 is 5.32 Å². The van der Waals surface area contributed by atoms with Crippen LogP contribution in [0.25, 0.3) is 10.7 Å². The molecule has 2 aromatic heterocycles. The summed E-state index contributed by atoms with van der Waals surface area (Å²) >= 11 is 5.02. The van der Waals surface area contributed by atoms with Crippen LogP contribution in [0.2, 0.25) is 0 Å². The van der Waals surface area contributed by atoms with Crippen LogP contribution in [0.4, 0.5) is 0 Å². The fraction of sp³-hybridized carbons (Fsp3) is 0.278. The van der Waals surface area contributed by atoms with E-state index in [2.05, 4.69) is 31.4 Å². The summed E-state index contributed by atoms with van der Waals surface area (Å²) in [6, 6.07) is 11.8. The standard InChI is InChI=1S/C18H18BrN3O2S/c1-12(13-5-2-6-14(19)11-13)20-16(23)8-3-9-17-21-18(22-24-17)15-7-4-10-25-15/h2,4-7,10-12H,3,8-9H2,1H3,(H,20,23)/t12-/m1/s1. The number of carbonyl (C=O) groups excluding carboxylic acids is 1. The van der Waals surface area contributed by atoms with E-state index < -0.39 is 0 Å². The minimum Gasteiger partial charge on any atom is -0.350 e. The SMILES string of the molecule is C[C@@H](NC(=O)CCCc1nc(-c2cccs2)no1)c1cccc(Br)c1. The summed E-state index contributed by atoms with van der Waals surface area (Å²) in [4.78, 5) is 17.5. The van der Waals surface area contributed by atoms with Gasteiger partial charge < -0.3 is 9.84 Å². The first kappa shape index (κ1) is 17.8. The van der Waals surface area contributed by atoms with Gasteiger partial charge in [-0.1, -0.05) is 39.3 Å². The third-order valence-corrected chi connectivity index (χ3v) is 5.09. The van der Waals surface area contributed by atoms with Crippen LogP contribution in [-0.4, -0.2) is 16.0 Å². The van der Waals surface area contributed by atoms with Crippen molar-refractivity contribution in [3.05, 3.63) is 57.7 Å². The lowest BCUT2D eigenvalue weighted by Gasteiger charge is -2.14. The van der Waals surface area contributed by atoms with Gasteiger partial charge in [-0.05, 0) is 42.5 Å². The van der Waals surface area contributed by atoms with Crippen molar-refractivity contribution in [3.8, 4) is 10.7 Å². The number of aryl methyl sites for hydroxylation is 1. The molecule has 0 aliphatic carbocycles. The molecule has 1 amide bonds. The maximum atomic E-state index is 12.1. The summed E-state index contributed by atoms with van der Waals surface area (Å²) in [5, 5.41) is 8.96. The van der Waals surface area contributed by atoms with Crippen LogP contribution in [0, 0.1) is 0 Å². The molecule has 0 aliphatic rings. The number of rotatable bonds is 7. The summed E-state index contributed by atoms with van der Waals surface area (Å²) in [5.41, 5.74) is 1.07. The van der Waals surface area contributed by atoms with Gasteiger partial charge in [0.1, 0.15) is 0 Å². The topological polar surface area (TPSA) is 68.0 Å². The lowest BCUT2D eigenvalue weighted by Crippen LogP contribution is -2.26. The van der Waals surface area contributed by atoms with Gasteiger partial charge in [-0.3, -0.25) is 4.79 Å². The molecule has 0 bridgehead atoms. The first-order valence-corrected chi connectivity index (χ1v) is 9.70. The first-order chi connectivity index (χ1) is 12.1. The Morgan fingerprint density at radius 3 is 3.00 bits per heavy atom. The Bertz CT molecular complexity index is 832. The van der Waals surface area contributed by atoms with Crippen molar-refractivity contribution in [2.45, 2.75) is 32.2 Å². The Labute approximate surface area is 158 Å². The van der Waals surface area contributed by atoms with Crippen LogP contribution in [0.15, 0.2) is 50.8 Å². The molecule has 130 valence electrons. The molecule has 0 spiro atoms. The quantitative estimate of drug-likeness (QED) is 0.599. The van der Waals surface area contributed by atoms with E-state index in [1.807, 2.05) is 48.7 Å². The number of hydrogen-bond acceptors (Lipinski definition) is 5. The van der Waals surface area contributed by atoms with Gasteiger partial charge >= 0.3 is 0 Å². The Balaban J connectivity index is 1.45. The number of thiophene rings is 1. The highest BCUT2D eigenvalue weighted by Gasteiger charge is 2.12. The van der Waals surface area contributed by atoms with Gasteiger partial charge in [0.25, 0.3) is 0 Å². The van der Waals surface area contributed by atoms with Crippen molar-refractivity contribution in [3.63, 3.8) is 0 Å². The molecule has 0 saturated carbocycles. The van der Waals surface area contributed by atoms with Gasteiger partial charge in [0.2, 0.25) is 17.6 Å². The number of benzene rings is 1. The van der Waals surface area contributed by atoms with Crippen molar-refractivity contribution in [1.82, 2.24) is 15.5 Å². The molecule has 1 atom stereocenters. The number of amides is 1. The molecular weight excluding hydrogens is 402 g/mol. The van der Waals surface area contributed by atoms with E-state index in [0.29, 0.717) is 31.0 Å². The molecule has 0 unspecified atom stereocenters. The summed E-state index contributed by atoms with van der Waals surface area (Å²) in [5.74, 6) is 1.19. The second-order valence-corrected chi connectivity index (χ2v) is 7.55. The average Bonchev–Trinajstić information content (AvgIpc) is 3.26. The van der Waals surface area contributed by atoms with Crippen molar-refractivity contribution in [1.29, 1.82) is 0 Å². The molecule has 0 aliphatic heterocycles. The summed E-state index contributed by atoms with van der Waals surface area (Å²) < 4.78 is 6.25. The van der Waals surface area contributed by atoms with E-state index in [1.165, 1.54) is 0 Å². The number of aromatic nitrogens is 2. The van der Waals surface area contributed by atoms with E-state index in [1.54, 1.807) is 11.3 Å². The first-order valence-electron chi connectivity index (χ1n) is 8.03. The van der Waals surface area contributed by atoms with Crippen molar-refractivity contribution in [2.24, 2.45) is 0 Å². The third kappa shape index (κ3) is 4.99. The molecule has 0 fully saturated rings. The minimum atomic E-state index is -0.0289. The fourth-order valence-corrected chi connectivity index (χ4v) is 3.50. The second-order valence-electron chi connectivity index (χ2n) is 5.69. The van der Waals surface area contributed by atoms with Gasteiger partial charge in [-0.25, -0.2) is 0 Å². The molecule has 3 aromatic rings. The van der Waals surface area contributed by atoms with Crippen molar-refractivity contribution >= 4 is 33.2 Å². The Hall–Kier alpha value is -1.99. The van der Waals surface area contributed by atoms with Crippen LogP contribution >= 0.6 is 27.3 Å². The smallest absolute Gasteiger partial charge is 0.226 e. The normalized spacial score (nSPS) is 12.1. The summed E-state index contributed by atoms with van der Waals surface area (Å²) in [6.45, 7) is 1.98. The largest absolute Gasteiger partial charge is 0.350 e. The van der Waals surface area contributed by atoms with E-state index in [0.717, 1.165) is 14.9 Å². The minimum absolute atomic E-state index is 0.0190. The Morgan fingerprint density at radius 2 is 2.24 bits per heavy atom. The molecule has 5 nitrogen and oxygen atoms in total. The zero-order valence-corrected chi connectivity index (χ0v) is 16.1. The molecule has 25 heavy (non-hydrogen) atoms. The second kappa shape index (κ2) is 8.40. The highest BCUT2D eigenvalue weighted by Crippen LogP contribution is 2.22. The van der Waals surface area contributed by atoms with Crippen LogP contribution in [0.1, 0.15) is 37.3 Å². The maximum Gasteiger partial charge on any atom is 0.226 e. The highest BCUT2D eigenvalue weighted by molar-refractivity contribution is 9.10. The lowest BCUT2D eigenvalue weighted by molar-refractivity contribution is -0.121. The van der Waals surface area contributed by atoms with Crippen molar-refractivity contribution < 1.29 is 9.32 Å². The predicted molar refractivity (Wildman–Crippen MR) is 101 cm³/mol. The van der Waals surface area contributed by atoms with E-state index in [-0.39, 0.29) is 11.9 Å². The molecular formula is C18H18BrN3O2S. The molecule has 0 radical (unpaired) electrons. The predicted octanol–water partition coefficient (Wildman–Crippen LogP) is 4.76. The maximum absolute atomic E-state index is 12.1.